The van der Waals surface area contributed by atoms with Crippen LogP contribution in [0.4, 0.5) is 0 Å². The van der Waals surface area contributed by atoms with Crippen LogP contribution in [0.2, 0.25) is 10.0 Å². The molecule has 0 N–H and O–H groups in total. The van der Waals surface area contributed by atoms with Gasteiger partial charge in [-0.25, -0.2) is 4.98 Å². The predicted octanol–water partition coefficient (Wildman–Crippen LogP) is 8.19. The Morgan fingerprint density at radius 3 is 2.61 bits per heavy atom. The first-order chi connectivity index (χ1) is 19.9. The number of halogens is 3. The van der Waals surface area contributed by atoms with Gasteiger partial charge in [-0.2, -0.15) is 9.78 Å². The molecular formula is C31H20Cl2IN3O4. The molecule has 0 fully saturated rings. The van der Waals surface area contributed by atoms with Crippen LogP contribution in [0.1, 0.15) is 11.1 Å². The summed E-state index contributed by atoms with van der Waals surface area (Å²) in [7, 11) is 1.60. The van der Waals surface area contributed by atoms with E-state index >= 15 is 0 Å². The molecule has 0 spiro atoms. The van der Waals surface area contributed by atoms with Crippen molar-refractivity contribution in [1.29, 1.82) is 0 Å². The number of benzene rings is 4. The highest BCUT2D eigenvalue weighted by molar-refractivity contribution is 14.1. The molecule has 0 atom stereocenters. The van der Waals surface area contributed by atoms with Crippen LogP contribution in [-0.4, -0.2) is 23.0 Å². The summed E-state index contributed by atoms with van der Waals surface area (Å²) in [4.78, 5) is 18.3. The molecule has 41 heavy (non-hydrogen) atoms. The van der Waals surface area contributed by atoms with E-state index in [1.54, 1.807) is 49.7 Å². The normalized spacial score (nSPS) is 11.5. The largest absolute Gasteiger partial charge is 0.496 e. The van der Waals surface area contributed by atoms with Gasteiger partial charge in [0.15, 0.2) is 5.76 Å². The molecule has 0 aliphatic heterocycles. The number of fused-ring (bicyclic) bond motifs is 2. The molecule has 0 unspecified atom stereocenters. The van der Waals surface area contributed by atoms with Crippen molar-refractivity contribution >= 4 is 73.9 Å². The zero-order valence-corrected chi connectivity index (χ0v) is 25.1. The van der Waals surface area contributed by atoms with E-state index in [9.17, 15) is 4.79 Å². The molecule has 0 aliphatic rings. The maximum atomic E-state index is 13.6. The summed E-state index contributed by atoms with van der Waals surface area (Å²) >= 11 is 14.3. The number of methoxy groups -OCH3 is 1. The number of furan rings is 1. The Hall–Kier alpha value is -3.86. The van der Waals surface area contributed by atoms with Crippen LogP contribution in [0.25, 0.3) is 33.5 Å². The van der Waals surface area contributed by atoms with Crippen molar-refractivity contribution in [2.45, 2.75) is 6.61 Å². The quantitative estimate of drug-likeness (QED) is 0.124. The van der Waals surface area contributed by atoms with Gasteiger partial charge in [0.2, 0.25) is 5.82 Å². The minimum Gasteiger partial charge on any atom is -0.496 e. The number of ether oxygens (including phenoxy) is 2. The number of rotatable bonds is 7. The minimum absolute atomic E-state index is 0.277. The fourth-order valence-electron chi connectivity index (χ4n) is 4.34. The van der Waals surface area contributed by atoms with Crippen LogP contribution in [0.3, 0.4) is 0 Å². The van der Waals surface area contributed by atoms with Gasteiger partial charge in [0, 0.05) is 0 Å². The van der Waals surface area contributed by atoms with Crippen molar-refractivity contribution in [3.05, 3.63) is 120 Å². The lowest BCUT2D eigenvalue weighted by Gasteiger charge is -2.10. The summed E-state index contributed by atoms with van der Waals surface area (Å²) in [6, 6.07) is 25.5. The molecule has 0 saturated heterocycles. The van der Waals surface area contributed by atoms with Gasteiger partial charge in [-0.05, 0) is 94.4 Å². The second-order valence-corrected chi connectivity index (χ2v) is 11.0. The SMILES string of the molecule is COc1cccc2oc(-c3nc4ccccc4c(=O)n3N=Cc3ccc(OCc4ccc(Cl)c(Cl)c4)c(I)c3)cc12. The van der Waals surface area contributed by atoms with Crippen molar-refractivity contribution in [2.24, 2.45) is 5.10 Å². The monoisotopic (exact) mass is 695 g/mol. The van der Waals surface area contributed by atoms with E-state index in [4.69, 9.17) is 42.1 Å². The Morgan fingerprint density at radius 1 is 0.951 bits per heavy atom. The lowest BCUT2D eigenvalue weighted by atomic mass is 10.2. The first-order valence-electron chi connectivity index (χ1n) is 12.4. The van der Waals surface area contributed by atoms with Crippen LogP contribution in [0, 0.1) is 3.57 Å². The van der Waals surface area contributed by atoms with Crippen molar-refractivity contribution in [3.8, 4) is 23.1 Å². The van der Waals surface area contributed by atoms with Crippen LogP contribution >= 0.6 is 45.8 Å². The van der Waals surface area contributed by atoms with Gasteiger partial charge in [0.1, 0.15) is 23.7 Å². The zero-order valence-electron chi connectivity index (χ0n) is 21.5. The molecule has 204 valence electrons. The number of aromatic nitrogens is 2. The summed E-state index contributed by atoms with van der Waals surface area (Å²) in [6.45, 7) is 0.337. The summed E-state index contributed by atoms with van der Waals surface area (Å²) in [6.07, 6.45) is 1.61. The van der Waals surface area contributed by atoms with E-state index in [2.05, 4.69) is 27.7 Å². The third kappa shape index (κ3) is 5.55. The average Bonchev–Trinajstić information content (AvgIpc) is 3.42. The third-order valence-electron chi connectivity index (χ3n) is 6.37. The van der Waals surface area contributed by atoms with Crippen molar-refractivity contribution in [3.63, 3.8) is 0 Å². The van der Waals surface area contributed by atoms with Gasteiger partial charge in [-0.3, -0.25) is 4.79 Å². The van der Waals surface area contributed by atoms with Gasteiger partial charge in [-0.1, -0.05) is 47.5 Å². The maximum Gasteiger partial charge on any atom is 0.282 e. The Morgan fingerprint density at radius 2 is 1.80 bits per heavy atom. The molecule has 2 heterocycles. The van der Waals surface area contributed by atoms with Gasteiger partial charge in [0.05, 0.1) is 43.2 Å². The Bertz CT molecular complexity index is 2020. The number of nitrogens with zero attached hydrogens (tertiary/aromatic N) is 3. The fourth-order valence-corrected chi connectivity index (χ4v) is 5.36. The first-order valence-corrected chi connectivity index (χ1v) is 14.2. The van der Waals surface area contributed by atoms with Gasteiger partial charge in [0.25, 0.3) is 5.56 Å². The molecule has 7 nitrogen and oxygen atoms in total. The minimum atomic E-state index is -0.314. The topological polar surface area (TPSA) is 78.9 Å². The average molecular weight is 696 g/mol. The molecule has 4 aromatic carbocycles. The van der Waals surface area contributed by atoms with Gasteiger partial charge < -0.3 is 13.9 Å². The zero-order chi connectivity index (χ0) is 28.5. The van der Waals surface area contributed by atoms with E-state index in [-0.39, 0.29) is 11.4 Å². The summed E-state index contributed by atoms with van der Waals surface area (Å²) in [5.41, 5.74) is 2.52. The van der Waals surface area contributed by atoms with E-state index in [0.717, 1.165) is 20.1 Å². The summed E-state index contributed by atoms with van der Waals surface area (Å²) in [5, 5.41) is 6.75. The second kappa shape index (κ2) is 11.6. The number of hydrogen-bond acceptors (Lipinski definition) is 6. The number of hydrogen-bond donors (Lipinski definition) is 0. The van der Waals surface area contributed by atoms with E-state index in [1.165, 1.54) is 4.68 Å². The van der Waals surface area contributed by atoms with Crippen molar-refractivity contribution in [1.82, 2.24) is 9.66 Å². The van der Waals surface area contributed by atoms with E-state index in [1.807, 2.05) is 48.5 Å². The molecule has 0 bridgehead atoms. The highest BCUT2D eigenvalue weighted by Gasteiger charge is 2.18. The third-order valence-corrected chi connectivity index (χ3v) is 7.95. The molecule has 0 amide bonds. The molecular weight excluding hydrogens is 676 g/mol. The first kappa shape index (κ1) is 27.3. The molecule has 6 aromatic rings. The highest BCUT2D eigenvalue weighted by Crippen LogP contribution is 2.33. The summed E-state index contributed by atoms with van der Waals surface area (Å²) in [5.74, 6) is 2.03. The van der Waals surface area contributed by atoms with Crippen LogP contribution in [-0.2, 0) is 6.61 Å². The summed E-state index contributed by atoms with van der Waals surface area (Å²) < 4.78 is 19.7. The lowest BCUT2D eigenvalue weighted by molar-refractivity contribution is 0.304. The Labute approximate surface area is 258 Å². The standard InChI is InChI=1S/C31H20Cl2IN3O4/c1-39-26-7-4-8-27-21(26)15-29(41-27)30-36-25-6-3-2-5-20(25)31(38)37(30)35-16-18-10-12-28(24(34)14-18)40-17-19-9-11-22(32)23(33)13-19/h2-16H,17H2,1H3. The molecule has 0 radical (unpaired) electrons. The predicted molar refractivity (Wildman–Crippen MR) is 171 cm³/mol. The number of para-hydroxylation sites is 1. The smallest absolute Gasteiger partial charge is 0.282 e. The van der Waals surface area contributed by atoms with Gasteiger partial charge in [-0.15, -0.1) is 0 Å². The molecule has 0 aliphatic carbocycles. The van der Waals surface area contributed by atoms with Crippen molar-refractivity contribution in [2.75, 3.05) is 7.11 Å². The van der Waals surface area contributed by atoms with Crippen LogP contribution in [0.15, 0.2) is 99.2 Å². The fraction of sp³-hybridized carbons (Fsp3) is 0.0645. The highest BCUT2D eigenvalue weighted by atomic mass is 127. The molecule has 0 saturated carbocycles. The van der Waals surface area contributed by atoms with Crippen molar-refractivity contribution < 1.29 is 13.9 Å². The Balaban J connectivity index is 1.35. The Kier molecular flexibility index (Phi) is 7.70. The van der Waals surface area contributed by atoms with E-state index in [0.29, 0.717) is 50.4 Å². The second-order valence-electron chi connectivity index (χ2n) is 9.02. The van der Waals surface area contributed by atoms with Gasteiger partial charge >= 0.3 is 0 Å². The molecule has 2 aromatic heterocycles. The van der Waals surface area contributed by atoms with Crippen LogP contribution in [0.5, 0.6) is 11.5 Å². The maximum absolute atomic E-state index is 13.6. The lowest BCUT2D eigenvalue weighted by Crippen LogP contribution is -2.20. The molecule has 6 rings (SSSR count). The molecule has 10 heteroatoms. The van der Waals surface area contributed by atoms with E-state index < -0.39 is 0 Å². The van der Waals surface area contributed by atoms with Crippen LogP contribution < -0.4 is 15.0 Å².